The molecule has 0 aliphatic heterocycles. The molecule has 13 heavy (non-hydrogen) atoms. The van der Waals surface area contributed by atoms with Crippen molar-refractivity contribution in [2.24, 2.45) is 0 Å². The third kappa shape index (κ3) is 3.13. The van der Waals surface area contributed by atoms with Crippen molar-refractivity contribution in [3.63, 3.8) is 0 Å². The van der Waals surface area contributed by atoms with E-state index in [4.69, 9.17) is 0 Å². The summed E-state index contributed by atoms with van der Waals surface area (Å²) >= 11 is 0. The maximum atomic E-state index is 10.7. The Kier molecular flexibility index (Phi) is 4.44. The molecule has 0 aromatic heterocycles. The van der Waals surface area contributed by atoms with Gasteiger partial charge in [0.25, 0.3) is 0 Å². The first kappa shape index (κ1) is 10.2. The normalized spacial score (nSPS) is 25.5. The van der Waals surface area contributed by atoms with E-state index in [2.05, 4.69) is 0 Å². The van der Waals surface area contributed by atoms with Crippen molar-refractivity contribution in [2.75, 3.05) is 0 Å². The van der Waals surface area contributed by atoms with Crippen molar-refractivity contribution in [1.82, 2.24) is 0 Å². The third-order valence-corrected chi connectivity index (χ3v) is 2.59. The number of carbonyl (C=O) groups is 2. The molecule has 2 nitrogen and oxygen atoms in total. The molecule has 0 saturated carbocycles. The van der Waals surface area contributed by atoms with Crippen molar-refractivity contribution in [2.45, 2.75) is 44.9 Å². The van der Waals surface area contributed by atoms with Crippen LogP contribution in [-0.4, -0.2) is 12.6 Å². The fraction of sp³-hybridized carbons (Fsp3) is 0.636. The fourth-order valence-corrected chi connectivity index (χ4v) is 1.75. The van der Waals surface area contributed by atoms with Crippen molar-refractivity contribution in [3.05, 3.63) is 11.1 Å². The highest BCUT2D eigenvalue weighted by Crippen LogP contribution is 2.19. The Labute approximate surface area is 79.0 Å². The summed E-state index contributed by atoms with van der Waals surface area (Å²) in [4.78, 5) is 21.4. The molecular weight excluding hydrogens is 164 g/mol. The number of aldehydes is 2. The Hall–Kier alpha value is -0.920. The average molecular weight is 180 g/mol. The minimum atomic E-state index is 0.733. The van der Waals surface area contributed by atoms with Crippen LogP contribution in [0.25, 0.3) is 0 Å². The summed E-state index contributed by atoms with van der Waals surface area (Å²) in [6.07, 6.45) is 8.99. The largest absolute Gasteiger partial charge is 0.298 e. The summed E-state index contributed by atoms with van der Waals surface area (Å²) in [5.74, 6) is 0. The molecule has 0 spiro atoms. The van der Waals surface area contributed by atoms with Gasteiger partial charge >= 0.3 is 0 Å². The van der Waals surface area contributed by atoms with E-state index in [0.717, 1.165) is 49.4 Å². The van der Waals surface area contributed by atoms with E-state index in [1.807, 2.05) is 0 Å². The van der Waals surface area contributed by atoms with Gasteiger partial charge in [-0.05, 0) is 36.8 Å². The van der Waals surface area contributed by atoms with Crippen LogP contribution in [0.15, 0.2) is 11.1 Å². The summed E-state index contributed by atoms with van der Waals surface area (Å²) in [6, 6.07) is 0. The van der Waals surface area contributed by atoms with Crippen molar-refractivity contribution < 1.29 is 9.59 Å². The Bertz CT molecular complexity index is 194. The lowest BCUT2D eigenvalue weighted by molar-refractivity contribution is -0.107. The van der Waals surface area contributed by atoms with Crippen LogP contribution < -0.4 is 0 Å². The molecule has 0 unspecified atom stereocenters. The van der Waals surface area contributed by atoms with Gasteiger partial charge in [0.15, 0.2) is 0 Å². The molecule has 0 aromatic rings. The van der Waals surface area contributed by atoms with Gasteiger partial charge in [0, 0.05) is 0 Å². The molecular formula is C11H16O2. The van der Waals surface area contributed by atoms with Gasteiger partial charge < -0.3 is 0 Å². The average Bonchev–Trinajstić information content (AvgIpc) is 2.28. The van der Waals surface area contributed by atoms with Gasteiger partial charge in [-0.2, -0.15) is 0 Å². The van der Waals surface area contributed by atoms with E-state index in [1.54, 1.807) is 0 Å². The second kappa shape index (κ2) is 5.68. The monoisotopic (exact) mass is 180 g/mol. The highest BCUT2D eigenvalue weighted by atomic mass is 16.1. The summed E-state index contributed by atoms with van der Waals surface area (Å²) in [6.45, 7) is 0. The van der Waals surface area contributed by atoms with Gasteiger partial charge in [0.2, 0.25) is 0 Å². The SMILES string of the molecule is O=C/C1=C(\C=O)CCCCCCC1. The van der Waals surface area contributed by atoms with Crippen LogP contribution in [0, 0.1) is 0 Å². The van der Waals surface area contributed by atoms with Gasteiger partial charge in [0.05, 0.1) is 0 Å². The van der Waals surface area contributed by atoms with E-state index in [1.165, 1.54) is 19.3 Å². The van der Waals surface area contributed by atoms with Gasteiger partial charge in [-0.1, -0.05) is 19.3 Å². The topological polar surface area (TPSA) is 34.1 Å². The number of hydrogen-bond donors (Lipinski definition) is 0. The lowest BCUT2D eigenvalue weighted by Gasteiger charge is -2.01. The second-order valence-corrected chi connectivity index (χ2v) is 3.55. The first-order valence-corrected chi connectivity index (χ1v) is 5.01. The van der Waals surface area contributed by atoms with Crippen LogP contribution in [-0.2, 0) is 9.59 Å². The van der Waals surface area contributed by atoms with Crippen LogP contribution in [0.3, 0.4) is 0 Å². The number of allylic oxidation sites excluding steroid dienone is 2. The Morgan fingerprint density at radius 2 is 1.08 bits per heavy atom. The van der Waals surface area contributed by atoms with Gasteiger partial charge in [-0.3, -0.25) is 9.59 Å². The number of rotatable bonds is 2. The predicted molar refractivity (Wildman–Crippen MR) is 51.5 cm³/mol. The molecule has 0 heterocycles. The van der Waals surface area contributed by atoms with Crippen LogP contribution in [0.1, 0.15) is 44.9 Å². The van der Waals surface area contributed by atoms with Crippen molar-refractivity contribution >= 4 is 12.6 Å². The predicted octanol–water partition coefficient (Wildman–Crippen LogP) is 2.43. The van der Waals surface area contributed by atoms with E-state index in [9.17, 15) is 9.59 Å². The van der Waals surface area contributed by atoms with E-state index in [0.29, 0.717) is 0 Å². The zero-order valence-corrected chi connectivity index (χ0v) is 7.92. The maximum absolute atomic E-state index is 10.7. The summed E-state index contributed by atoms with van der Waals surface area (Å²) in [5.41, 5.74) is 1.47. The molecule has 0 atom stereocenters. The molecule has 0 aromatic carbocycles. The minimum Gasteiger partial charge on any atom is -0.298 e. The lowest BCUT2D eigenvalue weighted by Crippen LogP contribution is -1.95. The maximum Gasteiger partial charge on any atom is 0.146 e. The molecule has 72 valence electrons. The summed E-state index contributed by atoms with van der Waals surface area (Å²) < 4.78 is 0. The van der Waals surface area contributed by atoms with E-state index >= 15 is 0 Å². The summed E-state index contributed by atoms with van der Waals surface area (Å²) in [5, 5.41) is 0. The van der Waals surface area contributed by atoms with Crippen LogP contribution in [0.2, 0.25) is 0 Å². The molecule has 0 amide bonds. The first-order chi connectivity index (χ1) is 6.38. The van der Waals surface area contributed by atoms with Crippen LogP contribution in [0.5, 0.6) is 0 Å². The zero-order chi connectivity index (χ0) is 9.52. The molecule has 2 heteroatoms. The van der Waals surface area contributed by atoms with Gasteiger partial charge in [0.1, 0.15) is 12.6 Å². The molecule has 1 aliphatic carbocycles. The molecule has 1 rings (SSSR count). The second-order valence-electron chi connectivity index (χ2n) is 3.55. The molecule has 0 radical (unpaired) electrons. The van der Waals surface area contributed by atoms with Crippen LogP contribution >= 0.6 is 0 Å². The smallest absolute Gasteiger partial charge is 0.146 e. The van der Waals surface area contributed by atoms with Crippen LogP contribution in [0.4, 0.5) is 0 Å². The van der Waals surface area contributed by atoms with Crippen molar-refractivity contribution in [1.29, 1.82) is 0 Å². The molecule has 1 aliphatic rings. The highest BCUT2D eigenvalue weighted by Gasteiger charge is 2.07. The molecule has 0 N–H and O–H groups in total. The molecule has 0 bridgehead atoms. The summed E-state index contributed by atoms with van der Waals surface area (Å²) in [7, 11) is 0. The van der Waals surface area contributed by atoms with E-state index < -0.39 is 0 Å². The fourth-order valence-electron chi connectivity index (χ4n) is 1.75. The number of carbonyl (C=O) groups excluding carboxylic acids is 2. The highest BCUT2D eigenvalue weighted by molar-refractivity contribution is 5.86. The quantitative estimate of drug-likeness (QED) is 0.611. The Morgan fingerprint density at radius 1 is 0.692 bits per heavy atom. The Morgan fingerprint density at radius 3 is 1.46 bits per heavy atom. The van der Waals surface area contributed by atoms with E-state index in [-0.39, 0.29) is 0 Å². The third-order valence-electron chi connectivity index (χ3n) is 2.59. The molecule has 0 saturated heterocycles. The van der Waals surface area contributed by atoms with Gasteiger partial charge in [-0.15, -0.1) is 0 Å². The molecule has 0 fully saturated rings. The zero-order valence-electron chi connectivity index (χ0n) is 7.92. The Balaban J connectivity index is 2.72. The minimum absolute atomic E-state index is 0.733. The number of hydrogen-bond acceptors (Lipinski definition) is 2. The standard InChI is InChI=1S/C11H16O2/c12-8-10-6-4-2-1-3-5-7-11(10)9-13/h8-9H,1-7H2/b11-10-. The van der Waals surface area contributed by atoms with Crippen molar-refractivity contribution in [3.8, 4) is 0 Å². The van der Waals surface area contributed by atoms with Gasteiger partial charge in [-0.25, -0.2) is 0 Å². The first-order valence-electron chi connectivity index (χ1n) is 5.01. The lowest BCUT2D eigenvalue weighted by atomic mass is 10.0.